The fraction of sp³-hybridized carbons (Fsp3) is 0.467. The Labute approximate surface area is 127 Å². The SMILES string of the molecule is Cc1cccc(NC(=O)C2CCC(F)(F)CC2)c1C(N)=S. The Morgan fingerprint density at radius 3 is 2.57 bits per heavy atom. The van der Waals surface area contributed by atoms with Crippen LogP contribution < -0.4 is 11.1 Å². The van der Waals surface area contributed by atoms with Crippen molar-refractivity contribution in [2.75, 3.05) is 5.32 Å². The van der Waals surface area contributed by atoms with Gasteiger partial charge in [-0.1, -0.05) is 24.4 Å². The van der Waals surface area contributed by atoms with Gasteiger partial charge in [0.2, 0.25) is 11.8 Å². The Balaban J connectivity index is 2.11. The second-order valence-corrected chi connectivity index (χ2v) is 5.92. The minimum Gasteiger partial charge on any atom is -0.389 e. The lowest BCUT2D eigenvalue weighted by Crippen LogP contribution is -2.32. The number of rotatable bonds is 3. The third kappa shape index (κ3) is 3.75. The normalized spacial score (nSPS) is 18.2. The zero-order valence-corrected chi connectivity index (χ0v) is 12.6. The smallest absolute Gasteiger partial charge is 0.248 e. The van der Waals surface area contributed by atoms with Gasteiger partial charge in [-0.3, -0.25) is 4.79 Å². The molecule has 1 saturated carbocycles. The summed E-state index contributed by atoms with van der Waals surface area (Å²) in [6.45, 7) is 1.85. The molecule has 0 atom stereocenters. The van der Waals surface area contributed by atoms with E-state index < -0.39 is 5.92 Å². The van der Waals surface area contributed by atoms with Gasteiger partial charge in [0.05, 0.1) is 5.69 Å². The van der Waals surface area contributed by atoms with E-state index in [1.54, 1.807) is 12.1 Å². The van der Waals surface area contributed by atoms with Crippen LogP contribution in [0.4, 0.5) is 14.5 Å². The number of anilines is 1. The monoisotopic (exact) mass is 312 g/mol. The van der Waals surface area contributed by atoms with E-state index in [0.29, 0.717) is 11.3 Å². The lowest BCUT2D eigenvalue weighted by molar-refractivity contribution is -0.124. The molecule has 0 spiro atoms. The molecule has 0 unspecified atom stereocenters. The summed E-state index contributed by atoms with van der Waals surface area (Å²) >= 11 is 5.00. The number of thiocarbonyl (C=S) groups is 1. The molecule has 0 bridgehead atoms. The molecule has 0 aliphatic heterocycles. The number of carbonyl (C=O) groups is 1. The van der Waals surface area contributed by atoms with E-state index in [1.165, 1.54) is 0 Å². The highest BCUT2D eigenvalue weighted by Gasteiger charge is 2.37. The number of nitrogens with two attached hydrogens (primary N) is 1. The predicted molar refractivity (Wildman–Crippen MR) is 82.6 cm³/mol. The van der Waals surface area contributed by atoms with E-state index in [1.807, 2.05) is 13.0 Å². The Morgan fingerprint density at radius 1 is 1.38 bits per heavy atom. The van der Waals surface area contributed by atoms with Crippen molar-refractivity contribution in [2.45, 2.75) is 38.5 Å². The fourth-order valence-electron chi connectivity index (χ4n) is 2.64. The van der Waals surface area contributed by atoms with Crippen LogP contribution in [0.3, 0.4) is 0 Å². The molecule has 1 aromatic rings. The van der Waals surface area contributed by atoms with Crippen LogP contribution in [0, 0.1) is 12.8 Å². The molecule has 3 N–H and O–H groups in total. The first-order valence-corrected chi connectivity index (χ1v) is 7.29. The molecule has 1 aromatic carbocycles. The highest BCUT2D eigenvalue weighted by Crippen LogP contribution is 2.36. The molecule has 114 valence electrons. The van der Waals surface area contributed by atoms with E-state index in [2.05, 4.69) is 5.32 Å². The summed E-state index contributed by atoms with van der Waals surface area (Å²) in [6.07, 6.45) is -0.0672. The molecule has 0 saturated heterocycles. The third-order valence-corrected chi connectivity index (χ3v) is 4.07. The van der Waals surface area contributed by atoms with Crippen LogP contribution in [0.25, 0.3) is 0 Å². The van der Waals surface area contributed by atoms with Crippen molar-refractivity contribution in [3.05, 3.63) is 29.3 Å². The number of amides is 1. The number of hydrogen-bond acceptors (Lipinski definition) is 2. The lowest BCUT2D eigenvalue weighted by atomic mass is 9.86. The molecule has 3 nitrogen and oxygen atoms in total. The number of hydrogen-bond donors (Lipinski definition) is 2. The standard InChI is InChI=1S/C15H18F2N2OS/c1-9-3-2-4-11(12(9)13(18)21)19-14(20)10-5-7-15(16,17)8-6-10/h2-4,10H,5-8H2,1H3,(H2,18,21)(H,19,20). The van der Waals surface area contributed by atoms with Gasteiger partial charge in [-0.25, -0.2) is 8.78 Å². The maximum absolute atomic E-state index is 13.1. The van der Waals surface area contributed by atoms with Gasteiger partial charge in [-0.2, -0.15) is 0 Å². The van der Waals surface area contributed by atoms with Gasteiger partial charge in [0.15, 0.2) is 0 Å². The summed E-state index contributed by atoms with van der Waals surface area (Å²) in [7, 11) is 0. The molecule has 0 radical (unpaired) electrons. The van der Waals surface area contributed by atoms with Crippen LogP contribution in [-0.2, 0) is 4.79 Å². The minimum absolute atomic E-state index is 0.201. The highest BCUT2D eigenvalue weighted by atomic mass is 32.1. The quantitative estimate of drug-likeness (QED) is 0.841. The second kappa shape index (κ2) is 6.05. The van der Waals surface area contributed by atoms with Gasteiger partial charge in [-0.05, 0) is 31.4 Å². The molecule has 1 aliphatic carbocycles. The molecular weight excluding hydrogens is 294 g/mol. The van der Waals surface area contributed by atoms with Crippen LogP contribution >= 0.6 is 12.2 Å². The van der Waals surface area contributed by atoms with E-state index in [9.17, 15) is 13.6 Å². The summed E-state index contributed by atoms with van der Waals surface area (Å²) in [5.41, 5.74) is 7.73. The summed E-state index contributed by atoms with van der Waals surface area (Å²) in [6, 6.07) is 5.36. The molecule has 6 heteroatoms. The Morgan fingerprint density at radius 2 is 2.00 bits per heavy atom. The lowest BCUT2D eigenvalue weighted by Gasteiger charge is -2.27. The summed E-state index contributed by atoms with van der Waals surface area (Å²) in [5, 5.41) is 2.78. The van der Waals surface area contributed by atoms with Gasteiger partial charge in [0, 0.05) is 24.3 Å². The zero-order valence-electron chi connectivity index (χ0n) is 11.8. The maximum Gasteiger partial charge on any atom is 0.248 e. The largest absolute Gasteiger partial charge is 0.389 e. The summed E-state index contributed by atoms with van der Waals surface area (Å²) < 4.78 is 26.3. The fourth-order valence-corrected chi connectivity index (χ4v) is 2.91. The van der Waals surface area contributed by atoms with Crippen LogP contribution in [0.2, 0.25) is 0 Å². The molecule has 0 aromatic heterocycles. The maximum atomic E-state index is 13.1. The van der Waals surface area contributed by atoms with Crippen molar-refractivity contribution in [3.8, 4) is 0 Å². The number of carbonyl (C=O) groups excluding carboxylic acids is 1. The first-order chi connectivity index (χ1) is 9.80. The van der Waals surface area contributed by atoms with Crippen molar-refractivity contribution in [1.29, 1.82) is 0 Å². The Hall–Kier alpha value is -1.56. The molecule has 21 heavy (non-hydrogen) atoms. The number of aryl methyl sites for hydroxylation is 1. The second-order valence-electron chi connectivity index (χ2n) is 5.48. The van der Waals surface area contributed by atoms with Crippen molar-refractivity contribution in [3.63, 3.8) is 0 Å². The molecule has 0 heterocycles. The Kier molecular flexibility index (Phi) is 4.56. The van der Waals surface area contributed by atoms with Gasteiger partial charge in [0.25, 0.3) is 0 Å². The highest BCUT2D eigenvalue weighted by molar-refractivity contribution is 7.80. The van der Waals surface area contributed by atoms with Gasteiger partial charge < -0.3 is 11.1 Å². The first kappa shape index (κ1) is 15.8. The molecule has 2 rings (SSSR count). The van der Waals surface area contributed by atoms with E-state index in [-0.39, 0.29) is 42.5 Å². The zero-order chi connectivity index (χ0) is 15.6. The summed E-state index contributed by atoms with van der Waals surface area (Å²) in [5.74, 6) is -3.26. The van der Waals surface area contributed by atoms with Crippen molar-refractivity contribution < 1.29 is 13.6 Å². The Bertz CT molecular complexity index is 565. The van der Waals surface area contributed by atoms with E-state index in [4.69, 9.17) is 18.0 Å². The van der Waals surface area contributed by atoms with Gasteiger partial charge in [-0.15, -0.1) is 0 Å². The van der Waals surface area contributed by atoms with Crippen molar-refractivity contribution in [2.24, 2.45) is 11.7 Å². The number of alkyl halides is 2. The minimum atomic E-state index is -2.63. The topological polar surface area (TPSA) is 55.1 Å². The van der Waals surface area contributed by atoms with Crippen LogP contribution in [0.1, 0.15) is 36.8 Å². The van der Waals surface area contributed by atoms with Crippen LogP contribution in [0.5, 0.6) is 0 Å². The van der Waals surface area contributed by atoms with Gasteiger partial charge >= 0.3 is 0 Å². The third-order valence-electron chi connectivity index (χ3n) is 3.86. The molecular formula is C15H18F2N2OS. The summed E-state index contributed by atoms with van der Waals surface area (Å²) in [4.78, 5) is 12.4. The first-order valence-electron chi connectivity index (χ1n) is 6.88. The van der Waals surface area contributed by atoms with Crippen molar-refractivity contribution >= 4 is 28.8 Å². The number of benzene rings is 1. The van der Waals surface area contributed by atoms with Crippen molar-refractivity contribution in [1.82, 2.24) is 0 Å². The molecule has 1 aliphatic rings. The predicted octanol–water partition coefficient (Wildman–Crippen LogP) is 3.39. The molecule has 1 amide bonds. The average molecular weight is 312 g/mol. The van der Waals surface area contributed by atoms with Crippen LogP contribution in [0.15, 0.2) is 18.2 Å². The van der Waals surface area contributed by atoms with Crippen LogP contribution in [-0.4, -0.2) is 16.8 Å². The molecule has 1 fully saturated rings. The number of nitrogens with one attached hydrogen (secondary N) is 1. The van der Waals surface area contributed by atoms with Gasteiger partial charge in [0.1, 0.15) is 4.99 Å². The van der Waals surface area contributed by atoms with E-state index in [0.717, 1.165) is 5.56 Å². The van der Waals surface area contributed by atoms with E-state index >= 15 is 0 Å². The average Bonchev–Trinajstić information content (AvgIpc) is 2.38. The number of halogens is 2.